The summed E-state index contributed by atoms with van der Waals surface area (Å²) < 4.78 is 4.76. The summed E-state index contributed by atoms with van der Waals surface area (Å²) in [5.74, 6) is -0.478. The molecule has 1 amide bonds. The van der Waals surface area contributed by atoms with Crippen molar-refractivity contribution in [2.24, 2.45) is 0 Å². The van der Waals surface area contributed by atoms with Gasteiger partial charge in [0.1, 0.15) is 5.69 Å². The molecule has 25 heavy (non-hydrogen) atoms. The van der Waals surface area contributed by atoms with Crippen LogP contribution in [0.4, 0.5) is 11.6 Å². The highest BCUT2D eigenvalue weighted by Crippen LogP contribution is 2.19. The van der Waals surface area contributed by atoms with Gasteiger partial charge in [-0.15, -0.1) is 0 Å². The zero-order valence-electron chi connectivity index (χ0n) is 14.4. The third kappa shape index (κ3) is 5.27. The highest BCUT2D eigenvalue weighted by molar-refractivity contribution is 5.96. The molecule has 2 N–H and O–H groups in total. The molecule has 2 rings (SSSR count). The SMILES string of the molecule is CCCCCNC(=O)c1ccnc(Nc2ccccc2C(=O)OC)n1. The summed E-state index contributed by atoms with van der Waals surface area (Å²) >= 11 is 0. The first-order valence-electron chi connectivity index (χ1n) is 8.21. The van der Waals surface area contributed by atoms with Gasteiger partial charge in [-0.05, 0) is 24.6 Å². The molecular weight excluding hydrogens is 320 g/mol. The van der Waals surface area contributed by atoms with Crippen molar-refractivity contribution in [1.29, 1.82) is 0 Å². The molecule has 0 aliphatic rings. The summed E-state index contributed by atoms with van der Waals surface area (Å²) in [6, 6.07) is 8.41. The normalized spacial score (nSPS) is 10.2. The predicted molar refractivity (Wildman–Crippen MR) is 95.0 cm³/mol. The Balaban J connectivity index is 2.09. The largest absolute Gasteiger partial charge is 0.465 e. The Kier molecular flexibility index (Phi) is 6.88. The standard InChI is InChI=1S/C18H22N4O3/c1-3-4-7-11-19-16(23)15-10-12-20-18(22-15)21-14-9-6-5-8-13(14)17(24)25-2/h5-6,8-10,12H,3-4,7,11H2,1-2H3,(H,19,23)(H,20,21,22). The van der Waals surface area contributed by atoms with Crippen LogP contribution in [0.3, 0.4) is 0 Å². The third-order valence-electron chi connectivity index (χ3n) is 3.53. The van der Waals surface area contributed by atoms with Gasteiger partial charge in [-0.3, -0.25) is 4.79 Å². The molecule has 0 bridgehead atoms. The number of ether oxygens (including phenoxy) is 1. The number of nitrogens with zero attached hydrogens (tertiary/aromatic N) is 2. The molecule has 2 aromatic rings. The Hall–Kier alpha value is -2.96. The van der Waals surface area contributed by atoms with Crippen molar-refractivity contribution in [1.82, 2.24) is 15.3 Å². The molecule has 0 spiro atoms. The molecule has 7 nitrogen and oxygen atoms in total. The molecule has 7 heteroatoms. The smallest absolute Gasteiger partial charge is 0.339 e. The van der Waals surface area contributed by atoms with Crippen molar-refractivity contribution in [3.63, 3.8) is 0 Å². The third-order valence-corrected chi connectivity index (χ3v) is 3.53. The summed E-state index contributed by atoms with van der Waals surface area (Å²) in [5.41, 5.74) is 1.14. The lowest BCUT2D eigenvalue weighted by atomic mass is 10.2. The number of benzene rings is 1. The number of aromatic nitrogens is 2. The summed E-state index contributed by atoms with van der Waals surface area (Å²) in [6.45, 7) is 2.72. The summed E-state index contributed by atoms with van der Waals surface area (Å²) in [5, 5.41) is 5.79. The highest BCUT2D eigenvalue weighted by atomic mass is 16.5. The van der Waals surface area contributed by atoms with E-state index in [1.807, 2.05) is 0 Å². The minimum absolute atomic E-state index is 0.234. The number of unbranched alkanes of at least 4 members (excludes halogenated alkanes) is 2. The number of carbonyl (C=O) groups is 2. The van der Waals surface area contributed by atoms with Gasteiger partial charge in [0, 0.05) is 12.7 Å². The van der Waals surface area contributed by atoms with Crippen molar-refractivity contribution in [2.45, 2.75) is 26.2 Å². The molecular formula is C18H22N4O3. The number of anilines is 2. The minimum Gasteiger partial charge on any atom is -0.465 e. The first-order valence-corrected chi connectivity index (χ1v) is 8.21. The van der Waals surface area contributed by atoms with Crippen LogP contribution in [0.1, 0.15) is 47.0 Å². The molecule has 0 atom stereocenters. The zero-order chi connectivity index (χ0) is 18.1. The first-order chi connectivity index (χ1) is 12.2. The first kappa shape index (κ1) is 18.4. The van der Waals surface area contributed by atoms with Gasteiger partial charge in [-0.25, -0.2) is 14.8 Å². The fourth-order valence-corrected chi connectivity index (χ4v) is 2.21. The van der Waals surface area contributed by atoms with Crippen molar-refractivity contribution in [3.8, 4) is 0 Å². The summed E-state index contributed by atoms with van der Waals surface area (Å²) in [4.78, 5) is 32.2. The Morgan fingerprint density at radius 1 is 1.16 bits per heavy atom. The van der Waals surface area contributed by atoms with Gasteiger partial charge >= 0.3 is 5.97 Å². The molecule has 1 aromatic carbocycles. The fraction of sp³-hybridized carbons (Fsp3) is 0.333. The number of para-hydroxylation sites is 1. The molecule has 0 saturated heterocycles. The van der Waals surface area contributed by atoms with Gasteiger partial charge in [-0.2, -0.15) is 0 Å². The number of rotatable bonds is 8. The van der Waals surface area contributed by atoms with Gasteiger partial charge in [-0.1, -0.05) is 31.9 Å². The fourth-order valence-electron chi connectivity index (χ4n) is 2.21. The maximum atomic E-state index is 12.1. The maximum absolute atomic E-state index is 12.1. The van der Waals surface area contributed by atoms with Gasteiger partial charge in [0.25, 0.3) is 5.91 Å². The minimum atomic E-state index is -0.465. The van der Waals surface area contributed by atoms with Crippen LogP contribution in [0.5, 0.6) is 0 Å². The Labute approximate surface area is 146 Å². The van der Waals surface area contributed by atoms with Crippen LogP contribution in [-0.2, 0) is 4.74 Å². The summed E-state index contributed by atoms with van der Waals surface area (Å²) in [7, 11) is 1.32. The quantitative estimate of drug-likeness (QED) is 0.566. The summed E-state index contributed by atoms with van der Waals surface area (Å²) in [6.07, 6.45) is 4.60. The Morgan fingerprint density at radius 3 is 2.72 bits per heavy atom. The van der Waals surface area contributed by atoms with E-state index in [1.54, 1.807) is 30.3 Å². The molecule has 0 fully saturated rings. The van der Waals surface area contributed by atoms with E-state index in [2.05, 4.69) is 27.5 Å². The second-order valence-corrected chi connectivity index (χ2v) is 5.39. The van der Waals surface area contributed by atoms with Gasteiger partial charge in [0.2, 0.25) is 5.95 Å². The predicted octanol–water partition coefficient (Wildman–Crippen LogP) is 2.93. The lowest BCUT2D eigenvalue weighted by Crippen LogP contribution is -2.25. The van der Waals surface area contributed by atoms with Gasteiger partial charge in [0.15, 0.2) is 0 Å². The van der Waals surface area contributed by atoms with Gasteiger partial charge in [0.05, 0.1) is 18.4 Å². The Morgan fingerprint density at radius 2 is 1.96 bits per heavy atom. The van der Waals surface area contributed by atoms with Crippen LogP contribution >= 0.6 is 0 Å². The maximum Gasteiger partial charge on any atom is 0.339 e. The number of nitrogens with one attached hydrogen (secondary N) is 2. The number of esters is 1. The van der Waals surface area contributed by atoms with Gasteiger partial charge < -0.3 is 15.4 Å². The van der Waals surface area contributed by atoms with E-state index in [0.717, 1.165) is 19.3 Å². The zero-order valence-corrected chi connectivity index (χ0v) is 14.4. The van der Waals surface area contributed by atoms with Crippen molar-refractivity contribution in [3.05, 3.63) is 47.8 Å². The van der Waals surface area contributed by atoms with E-state index < -0.39 is 5.97 Å². The van der Waals surface area contributed by atoms with E-state index in [9.17, 15) is 9.59 Å². The van der Waals surface area contributed by atoms with Crippen molar-refractivity contribution < 1.29 is 14.3 Å². The number of hydrogen-bond donors (Lipinski definition) is 2. The highest BCUT2D eigenvalue weighted by Gasteiger charge is 2.13. The topological polar surface area (TPSA) is 93.2 Å². The van der Waals surface area contributed by atoms with Crippen molar-refractivity contribution in [2.75, 3.05) is 19.0 Å². The molecule has 0 aliphatic carbocycles. The monoisotopic (exact) mass is 342 g/mol. The average molecular weight is 342 g/mol. The number of carbonyl (C=O) groups excluding carboxylic acids is 2. The van der Waals surface area contributed by atoms with E-state index >= 15 is 0 Å². The van der Waals surface area contributed by atoms with E-state index in [-0.39, 0.29) is 17.5 Å². The van der Waals surface area contributed by atoms with Crippen LogP contribution in [0, 0.1) is 0 Å². The van der Waals surface area contributed by atoms with Crippen LogP contribution in [0.15, 0.2) is 36.5 Å². The second-order valence-electron chi connectivity index (χ2n) is 5.39. The number of methoxy groups -OCH3 is 1. The number of hydrogen-bond acceptors (Lipinski definition) is 6. The molecule has 0 aliphatic heterocycles. The molecule has 0 radical (unpaired) electrons. The number of amides is 1. The molecule has 1 aromatic heterocycles. The lowest BCUT2D eigenvalue weighted by Gasteiger charge is -2.10. The second kappa shape index (κ2) is 9.36. The molecule has 1 heterocycles. The van der Waals surface area contributed by atoms with Crippen LogP contribution in [0.25, 0.3) is 0 Å². The van der Waals surface area contributed by atoms with E-state index in [4.69, 9.17) is 4.74 Å². The van der Waals surface area contributed by atoms with E-state index in [1.165, 1.54) is 13.3 Å². The van der Waals surface area contributed by atoms with Crippen LogP contribution < -0.4 is 10.6 Å². The Bertz CT molecular complexity index is 734. The molecule has 0 saturated carbocycles. The van der Waals surface area contributed by atoms with Crippen LogP contribution in [-0.4, -0.2) is 35.5 Å². The van der Waals surface area contributed by atoms with E-state index in [0.29, 0.717) is 17.8 Å². The lowest BCUT2D eigenvalue weighted by molar-refractivity contribution is 0.0601. The van der Waals surface area contributed by atoms with Crippen molar-refractivity contribution >= 4 is 23.5 Å². The van der Waals surface area contributed by atoms with Crippen LogP contribution in [0.2, 0.25) is 0 Å². The molecule has 132 valence electrons. The molecule has 0 unspecified atom stereocenters. The average Bonchev–Trinajstić information content (AvgIpc) is 2.65.